The minimum atomic E-state index is -0.325. The van der Waals surface area contributed by atoms with Crippen molar-refractivity contribution in [2.45, 2.75) is 18.9 Å². The minimum absolute atomic E-state index is 0.118. The molecule has 4 heteroatoms. The van der Waals surface area contributed by atoms with E-state index in [0.717, 1.165) is 12.1 Å². The number of ketones is 1. The number of rotatable bonds is 3. The summed E-state index contributed by atoms with van der Waals surface area (Å²) in [6, 6.07) is 12.6. The Balaban J connectivity index is 1.83. The van der Waals surface area contributed by atoms with E-state index in [9.17, 15) is 9.18 Å². The molecule has 3 rings (SSSR count). The molecule has 1 aliphatic rings. The first-order valence-corrected chi connectivity index (χ1v) is 7.69. The molecule has 108 valence electrons. The molecule has 0 bridgehead atoms. The molecule has 1 unspecified atom stereocenters. The smallest absolute Gasteiger partial charge is 0.145 e. The van der Waals surface area contributed by atoms with Crippen LogP contribution in [0.5, 0.6) is 0 Å². The number of halogens is 2. The van der Waals surface area contributed by atoms with E-state index >= 15 is 0 Å². The molecular formula is C17H15BrFNO. The van der Waals surface area contributed by atoms with Gasteiger partial charge >= 0.3 is 0 Å². The predicted octanol–water partition coefficient (Wildman–Crippen LogP) is 3.59. The van der Waals surface area contributed by atoms with Crippen molar-refractivity contribution in [3.8, 4) is 0 Å². The minimum Gasteiger partial charge on any atom is -0.312 e. The Hall–Kier alpha value is -1.52. The molecular weight excluding hydrogens is 333 g/mol. The van der Waals surface area contributed by atoms with Crippen molar-refractivity contribution in [2.24, 2.45) is 0 Å². The Bertz CT molecular complexity index is 666. The summed E-state index contributed by atoms with van der Waals surface area (Å²) in [5, 5.41) is 3.28. The van der Waals surface area contributed by atoms with Crippen molar-refractivity contribution in [3.63, 3.8) is 0 Å². The zero-order chi connectivity index (χ0) is 14.8. The van der Waals surface area contributed by atoms with E-state index in [1.165, 1.54) is 17.7 Å². The zero-order valence-electron chi connectivity index (χ0n) is 11.4. The molecule has 2 nitrogen and oxygen atoms in total. The molecule has 1 atom stereocenters. The molecule has 0 saturated carbocycles. The van der Waals surface area contributed by atoms with E-state index in [4.69, 9.17) is 0 Å². The molecule has 0 aliphatic carbocycles. The lowest BCUT2D eigenvalue weighted by Crippen LogP contribution is -2.33. The van der Waals surface area contributed by atoms with Gasteiger partial charge in [0, 0.05) is 24.0 Å². The average molecular weight is 348 g/mol. The molecule has 1 N–H and O–H groups in total. The summed E-state index contributed by atoms with van der Waals surface area (Å²) < 4.78 is 14.1. The van der Waals surface area contributed by atoms with Gasteiger partial charge in [0.25, 0.3) is 0 Å². The van der Waals surface area contributed by atoms with Crippen LogP contribution in [0, 0.1) is 5.82 Å². The average Bonchev–Trinajstić information content (AvgIpc) is 2.45. The van der Waals surface area contributed by atoms with E-state index < -0.39 is 0 Å². The third-order valence-electron chi connectivity index (χ3n) is 3.78. The van der Waals surface area contributed by atoms with Crippen LogP contribution >= 0.6 is 15.9 Å². The highest BCUT2D eigenvalue weighted by Gasteiger charge is 2.25. The summed E-state index contributed by atoms with van der Waals surface area (Å²) in [7, 11) is 0. The van der Waals surface area contributed by atoms with Gasteiger partial charge < -0.3 is 5.32 Å². The zero-order valence-corrected chi connectivity index (χ0v) is 13.0. The van der Waals surface area contributed by atoms with E-state index in [-0.39, 0.29) is 23.9 Å². The molecule has 21 heavy (non-hydrogen) atoms. The third-order valence-corrected chi connectivity index (χ3v) is 4.24. The summed E-state index contributed by atoms with van der Waals surface area (Å²) in [5.41, 5.74) is 2.97. The van der Waals surface area contributed by atoms with Crippen LogP contribution in [0.25, 0.3) is 0 Å². The Labute approximate surface area is 131 Å². The molecule has 0 saturated heterocycles. The fourth-order valence-corrected chi connectivity index (χ4v) is 3.33. The van der Waals surface area contributed by atoms with Gasteiger partial charge in [0.05, 0.1) is 5.92 Å². The standard InChI is InChI=1S/C17H15BrFNO/c18-13-5-11(6-14(19)8-13)7-17(21)16-10-20-9-12-3-1-2-4-15(12)16/h1-6,8,16,20H,7,9-10H2. The lowest BCUT2D eigenvalue weighted by Gasteiger charge is -2.25. The second kappa shape index (κ2) is 6.08. The Morgan fingerprint density at radius 2 is 2.10 bits per heavy atom. The second-order valence-corrected chi connectivity index (χ2v) is 6.22. The van der Waals surface area contributed by atoms with Crippen LogP contribution in [0.2, 0.25) is 0 Å². The monoisotopic (exact) mass is 347 g/mol. The predicted molar refractivity (Wildman–Crippen MR) is 83.7 cm³/mol. The van der Waals surface area contributed by atoms with Gasteiger partial charge in [0.2, 0.25) is 0 Å². The highest BCUT2D eigenvalue weighted by molar-refractivity contribution is 9.10. The van der Waals surface area contributed by atoms with Gasteiger partial charge in [-0.05, 0) is 34.9 Å². The number of carbonyl (C=O) groups is 1. The third kappa shape index (κ3) is 3.22. The van der Waals surface area contributed by atoms with Crippen LogP contribution < -0.4 is 5.32 Å². The van der Waals surface area contributed by atoms with E-state index in [0.29, 0.717) is 16.6 Å². The van der Waals surface area contributed by atoms with Crippen LogP contribution in [0.15, 0.2) is 46.9 Å². The van der Waals surface area contributed by atoms with Crippen molar-refractivity contribution < 1.29 is 9.18 Å². The number of hydrogen-bond donors (Lipinski definition) is 1. The molecule has 0 aromatic heterocycles. The fraction of sp³-hybridized carbons (Fsp3) is 0.235. The van der Waals surface area contributed by atoms with Gasteiger partial charge in [-0.1, -0.05) is 40.2 Å². The van der Waals surface area contributed by atoms with Crippen LogP contribution in [0.1, 0.15) is 22.6 Å². The van der Waals surface area contributed by atoms with Crippen molar-refractivity contribution in [3.05, 3.63) is 69.4 Å². The van der Waals surface area contributed by atoms with Gasteiger partial charge in [0.15, 0.2) is 0 Å². The van der Waals surface area contributed by atoms with Crippen molar-refractivity contribution >= 4 is 21.7 Å². The van der Waals surface area contributed by atoms with Gasteiger partial charge in [-0.3, -0.25) is 4.79 Å². The van der Waals surface area contributed by atoms with Crippen LogP contribution in [-0.4, -0.2) is 12.3 Å². The first-order chi connectivity index (χ1) is 10.1. The summed E-state index contributed by atoms with van der Waals surface area (Å²) in [6.07, 6.45) is 0.247. The largest absolute Gasteiger partial charge is 0.312 e. The molecule has 0 spiro atoms. The second-order valence-electron chi connectivity index (χ2n) is 5.30. The summed E-state index contributed by atoms with van der Waals surface area (Å²) in [4.78, 5) is 12.6. The summed E-state index contributed by atoms with van der Waals surface area (Å²) in [6.45, 7) is 1.44. The van der Waals surface area contributed by atoms with Crippen LogP contribution in [0.4, 0.5) is 4.39 Å². The normalized spacial score (nSPS) is 17.3. The number of fused-ring (bicyclic) bond motifs is 1. The van der Waals surface area contributed by atoms with E-state index in [2.05, 4.69) is 21.2 Å². The number of carbonyl (C=O) groups excluding carboxylic acids is 1. The summed E-state index contributed by atoms with van der Waals surface area (Å²) >= 11 is 3.26. The molecule has 2 aromatic rings. The van der Waals surface area contributed by atoms with Gasteiger partial charge in [-0.25, -0.2) is 4.39 Å². The quantitative estimate of drug-likeness (QED) is 0.919. The Morgan fingerprint density at radius 1 is 1.29 bits per heavy atom. The highest BCUT2D eigenvalue weighted by atomic mass is 79.9. The maximum absolute atomic E-state index is 13.4. The Morgan fingerprint density at radius 3 is 2.90 bits per heavy atom. The van der Waals surface area contributed by atoms with Gasteiger partial charge in [-0.2, -0.15) is 0 Å². The van der Waals surface area contributed by atoms with Crippen LogP contribution in [-0.2, 0) is 17.8 Å². The maximum atomic E-state index is 13.4. The van der Waals surface area contributed by atoms with Crippen molar-refractivity contribution in [1.29, 1.82) is 0 Å². The molecule has 0 fully saturated rings. The Kier molecular flexibility index (Phi) is 4.17. The number of Topliss-reactive ketones (excluding diaryl/α,β-unsaturated/α-hetero) is 1. The van der Waals surface area contributed by atoms with E-state index in [1.807, 2.05) is 24.3 Å². The van der Waals surface area contributed by atoms with Crippen LogP contribution in [0.3, 0.4) is 0 Å². The maximum Gasteiger partial charge on any atom is 0.145 e. The number of nitrogens with one attached hydrogen (secondary N) is 1. The first-order valence-electron chi connectivity index (χ1n) is 6.89. The van der Waals surface area contributed by atoms with E-state index in [1.54, 1.807) is 6.07 Å². The number of hydrogen-bond acceptors (Lipinski definition) is 2. The molecule has 1 aliphatic heterocycles. The van der Waals surface area contributed by atoms with Crippen molar-refractivity contribution in [1.82, 2.24) is 5.32 Å². The summed E-state index contributed by atoms with van der Waals surface area (Å²) in [5.74, 6) is -0.363. The highest BCUT2D eigenvalue weighted by Crippen LogP contribution is 2.26. The molecule has 0 amide bonds. The molecule has 0 radical (unpaired) electrons. The van der Waals surface area contributed by atoms with Gasteiger partial charge in [-0.15, -0.1) is 0 Å². The number of benzene rings is 2. The fourth-order valence-electron chi connectivity index (χ4n) is 2.82. The lowest BCUT2D eigenvalue weighted by molar-refractivity contribution is -0.119. The topological polar surface area (TPSA) is 29.1 Å². The molecule has 1 heterocycles. The molecule has 2 aromatic carbocycles. The van der Waals surface area contributed by atoms with Crippen molar-refractivity contribution in [2.75, 3.05) is 6.54 Å². The van der Waals surface area contributed by atoms with Gasteiger partial charge in [0.1, 0.15) is 11.6 Å². The first kappa shape index (κ1) is 14.4. The SMILES string of the molecule is O=C(Cc1cc(F)cc(Br)c1)C1CNCc2ccccc21. The lowest BCUT2D eigenvalue weighted by atomic mass is 9.85.